The quantitative estimate of drug-likeness (QED) is 0.221. The van der Waals surface area contributed by atoms with Crippen molar-refractivity contribution in [1.29, 1.82) is 0 Å². The summed E-state index contributed by atoms with van der Waals surface area (Å²) in [5.74, 6) is 0.0549. The van der Waals surface area contributed by atoms with Gasteiger partial charge in [-0.25, -0.2) is 0 Å². The summed E-state index contributed by atoms with van der Waals surface area (Å²) in [6.45, 7) is 6.65. The third-order valence-corrected chi connectivity index (χ3v) is 5.95. The van der Waals surface area contributed by atoms with Crippen molar-refractivity contribution in [3.63, 3.8) is 0 Å². The Kier molecular flexibility index (Phi) is 6.39. The van der Waals surface area contributed by atoms with Gasteiger partial charge in [0.1, 0.15) is 0 Å². The van der Waals surface area contributed by atoms with Gasteiger partial charge in [-0.05, 0) is 85.6 Å². The Morgan fingerprint density at radius 1 is 1.03 bits per heavy atom. The maximum Gasteiger partial charge on any atom is 0.221 e. The highest BCUT2D eigenvalue weighted by Gasteiger charge is 2.18. The minimum atomic E-state index is 0.0549. The minimum Gasteiger partial charge on any atom is -0.493 e. The number of nitrogens with one attached hydrogen (secondary N) is 1. The molecule has 0 aliphatic heterocycles. The fourth-order valence-electron chi connectivity index (χ4n) is 3.80. The van der Waals surface area contributed by atoms with Crippen LogP contribution >= 0.6 is 28.1 Å². The molecule has 0 spiro atoms. The highest BCUT2D eigenvalue weighted by atomic mass is 79.9. The van der Waals surface area contributed by atoms with E-state index in [4.69, 9.17) is 12.2 Å². The third-order valence-electron chi connectivity index (χ3n) is 5.28. The molecule has 1 heterocycles. The van der Waals surface area contributed by atoms with E-state index in [1.165, 1.54) is 0 Å². The number of benzene rings is 3. The molecule has 3 aromatic carbocycles. The molecular formula is C25H23BrN4OS. The van der Waals surface area contributed by atoms with Crippen LogP contribution in [0, 0.1) is 20.8 Å². The van der Waals surface area contributed by atoms with Crippen molar-refractivity contribution in [3.8, 4) is 5.88 Å². The van der Waals surface area contributed by atoms with E-state index < -0.39 is 0 Å². The number of anilines is 1. The van der Waals surface area contributed by atoms with Crippen molar-refractivity contribution in [2.24, 2.45) is 10.2 Å². The number of thiocarbonyl (C=S) groups is 1. The van der Waals surface area contributed by atoms with E-state index >= 15 is 0 Å². The average molecular weight is 507 g/mol. The summed E-state index contributed by atoms with van der Waals surface area (Å²) >= 11 is 8.89. The summed E-state index contributed by atoms with van der Waals surface area (Å²) in [6, 6.07) is 20.1. The molecule has 4 rings (SSSR count). The lowest BCUT2D eigenvalue weighted by Crippen LogP contribution is -2.05. The Hall–Kier alpha value is -3.03. The summed E-state index contributed by atoms with van der Waals surface area (Å²) in [7, 11) is 0. The normalized spacial score (nSPS) is 11.4. The number of aryl methyl sites for hydroxylation is 3. The zero-order valence-corrected chi connectivity index (χ0v) is 20.5. The Morgan fingerprint density at radius 3 is 2.47 bits per heavy atom. The molecule has 0 saturated carbocycles. The summed E-state index contributed by atoms with van der Waals surface area (Å²) in [5, 5.41) is 23.7. The molecule has 5 nitrogen and oxygen atoms in total. The molecule has 7 heteroatoms. The summed E-state index contributed by atoms with van der Waals surface area (Å²) < 4.78 is 2.74. The zero-order chi connectivity index (χ0) is 22.8. The second-order valence-electron chi connectivity index (χ2n) is 7.85. The lowest BCUT2D eigenvalue weighted by atomic mass is 10.1. The van der Waals surface area contributed by atoms with Crippen LogP contribution in [-0.2, 0) is 6.54 Å². The summed E-state index contributed by atoms with van der Waals surface area (Å²) in [6.07, 6.45) is 0. The lowest BCUT2D eigenvalue weighted by Gasteiger charge is -2.09. The summed E-state index contributed by atoms with van der Waals surface area (Å²) in [5.41, 5.74) is 6.67. The molecule has 1 aromatic heterocycles. The molecule has 0 fully saturated rings. The predicted molar refractivity (Wildman–Crippen MR) is 138 cm³/mol. The molecule has 32 heavy (non-hydrogen) atoms. The topological polar surface area (TPSA) is 61.9 Å². The lowest BCUT2D eigenvalue weighted by molar-refractivity contribution is 0.429. The number of nitrogens with zero attached hydrogens (tertiary/aromatic N) is 3. The van der Waals surface area contributed by atoms with Gasteiger partial charge in [0.05, 0.1) is 12.1 Å². The fourth-order valence-corrected chi connectivity index (χ4v) is 4.32. The number of aromatic nitrogens is 1. The van der Waals surface area contributed by atoms with Crippen molar-refractivity contribution in [3.05, 3.63) is 87.4 Å². The molecule has 0 radical (unpaired) electrons. The zero-order valence-electron chi connectivity index (χ0n) is 18.1. The Labute approximate surface area is 200 Å². The maximum absolute atomic E-state index is 11.1. The van der Waals surface area contributed by atoms with Crippen LogP contribution in [-0.4, -0.2) is 14.8 Å². The van der Waals surface area contributed by atoms with Gasteiger partial charge < -0.3 is 15.0 Å². The maximum atomic E-state index is 11.1. The van der Waals surface area contributed by atoms with Crippen LogP contribution in [0.4, 0.5) is 11.4 Å². The van der Waals surface area contributed by atoms with Crippen molar-refractivity contribution in [1.82, 2.24) is 4.57 Å². The number of fused-ring (bicyclic) bond motifs is 1. The molecule has 0 bridgehead atoms. The van der Waals surface area contributed by atoms with Crippen LogP contribution in [0.2, 0.25) is 0 Å². The largest absolute Gasteiger partial charge is 0.493 e. The predicted octanol–water partition coefficient (Wildman–Crippen LogP) is 7.56. The highest BCUT2D eigenvalue weighted by molar-refractivity contribution is 9.10. The van der Waals surface area contributed by atoms with Gasteiger partial charge in [0, 0.05) is 15.5 Å². The number of hydrogen-bond donors (Lipinski definition) is 2. The van der Waals surface area contributed by atoms with Crippen molar-refractivity contribution >= 4 is 55.5 Å². The van der Waals surface area contributed by atoms with Crippen LogP contribution in [0.15, 0.2) is 75.4 Å². The monoisotopic (exact) mass is 506 g/mol. The first-order chi connectivity index (χ1) is 15.3. The van der Waals surface area contributed by atoms with Crippen LogP contribution in [0.25, 0.3) is 10.9 Å². The van der Waals surface area contributed by atoms with E-state index in [-0.39, 0.29) is 11.0 Å². The van der Waals surface area contributed by atoms with Crippen molar-refractivity contribution < 1.29 is 5.11 Å². The van der Waals surface area contributed by atoms with E-state index in [9.17, 15) is 5.11 Å². The molecule has 0 aliphatic rings. The Balaban J connectivity index is 1.69. The third kappa shape index (κ3) is 4.74. The molecule has 2 N–H and O–H groups in total. The first kappa shape index (κ1) is 22.2. The Bertz CT molecular complexity index is 1340. The van der Waals surface area contributed by atoms with E-state index in [0.717, 1.165) is 43.3 Å². The van der Waals surface area contributed by atoms with Gasteiger partial charge in [0.15, 0.2) is 5.69 Å². The molecule has 0 amide bonds. The number of hydrogen-bond acceptors (Lipinski definition) is 3. The van der Waals surface area contributed by atoms with Gasteiger partial charge in [-0.3, -0.25) is 0 Å². The number of halogens is 1. The molecule has 4 aromatic rings. The number of aromatic hydroxyl groups is 1. The van der Waals surface area contributed by atoms with Gasteiger partial charge >= 0.3 is 0 Å². The minimum absolute atomic E-state index is 0.0549. The van der Waals surface area contributed by atoms with Crippen LogP contribution in [0.3, 0.4) is 0 Å². The molecule has 0 aliphatic carbocycles. The fraction of sp³-hybridized carbons (Fsp3) is 0.160. The molecule has 0 saturated heterocycles. The van der Waals surface area contributed by atoms with Crippen LogP contribution in [0.1, 0.15) is 22.3 Å². The van der Waals surface area contributed by atoms with Crippen molar-refractivity contribution in [2.45, 2.75) is 27.3 Å². The molecule has 0 atom stereocenters. The standard InChI is InChI=1S/C25H23BrN4OS/c1-15-10-16(2)12-20(11-15)27-25(32)29-28-23-21-13-19(26)8-9-22(21)30(24(23)31)14-18-7-5-4-6-17(18)3/h4-13,31H,14H2,1-3H3,(H,27,32). The first-order valence-corrected chi connectivity index (χ1v) is 11.4. The van der Waals surface area contributed by atoms with E-state index in [1.807, 2.05) is 60.9 Å². The Morgan fingerprint density at radius 2 is 1.75 bits per heavy atom. The summed E-state index contributed by atoms with van der Waals surface area (Å²) in [4.78, 5) is 0. The van der Waals surface area contributed by atoms with Gasteiger partial charge in [-0.15, -0.1) is 10.2 Å². The molecular weight excluding hydrogens is 484 g/mol. The van der Waals surface area contributed by atoms with E-state index in [2.05, 4.69) is 56.6 Å². The first-order valence-electron chi connectivity index (χ1n) is 10.2. The number of rotatable bonds is 4. The van der Waals surface area contributed by atoms with E-state index in [0.29, 0.717) is 12.2 Å². The van der Waals surface area contributed by atoms with Gasteiger partial charge in [0.2, 0.25) is 11.0 Å². The second kappa shape index (κ2) is 9.22. The highest BCUT2D eigenvalue weighted by Crippen LogP contribution is 2.40. The van der Waals surface area contributed by atoms with Crippen LogP contribution in [0.5, 0.6) is 5.88 Å². The van der Waals surface area contributed by atoms with Gasteiger partial charge in [-0.1, -0.05) is 46.3 Å². The molecule has 0 unspecified atom stereocenters. The molecule has 162 valence electrons. The van der Waals surface area contributed by atoms with Crippen LogP contribution < -0.4 is 5.32 Å². The smallest absolute Gasteiger partial charge is 0.221 e. The van der Waals surface area contributed by atoms with Gasteiger partial charge in [0.25, 0.3) is 0 Å². The van der Waals surface area contributed by atoms with Gasteiger partial charge in [-0.2, -0.15) is 0 Å². The second-order valence-corrected chi connectivity index (χ2v) is 9.16. The van der Waals surface area contributed by atoms with Crippen molar-refractivity contribution in [2.75, 3.05) is 5.32 Å². The SMILES string of the molecule is Cc1cc(C)cc(NC(=S)N=Nc2c(O)n(Cc3ccccc3C)c3ccc(Br)cc23)c1. The average Bonchev–Trinajstić information content (AvgIpc) is 2.97. The number of azo groups is 1. The van der Waals surface area contributed by atoms with E-state index in [1.54, 1.807) is 0 Å².